The molecule has 0 unspecified atom stereocenters. The number of anilines is 2. The number of nitrogens with zero attached hydrogens (tertiary/aromatic N) is 3. The fraction of sp³-hybridized carbons (Fsp3) is 0.294. The van der Waals surface area contributed by atoms with Crippen LogP contribution < -0.4 is 9.80 Å². The first-order chi connectivity index (χ1) is 11.0. The number of aryl methyl sites for hydroxylation is 1. The number of nitro benzene ring substituents is 1. The van der Waals surface area contributed by atoms with Crippen molar-refractivity contribution in [2.45, 2.75) is 6.92 Å². The summed E-state index contributed by atoms with van der Waals surface area (Å²) in [5.74, 6) is 0. The van der Waals surface area contributed by atoms with E-state index in [-0.39, 0.29) is 10.6 Å². The summed E-state index contributed by atoms with van der Waals surface area (Å²) >= 11 is 6.20. The number of piperazine rings is 1. The van der Waals surface area contributed by atoms with Crippen molar-refractivity contribution in [2.24, 2.45) is 0 Å². The van der Waals surface area contributed by atoms with Crippen LogP contribution >= 0.6 is 11.6 Å². The van der Waals surface area contributed by atoms with Gasteiger partial charge in [0.05, 0.1) is 4.92 Å². The molecule has 0 saturated carbocycles. The van der Waals surface area contributed by atoms with Gasteiger partial charge >= 0.3 is 0 Å². The molecular weight excluding hydrogens is 314 g/mol. The first kappa shape index (κ1) is 15.6. The van der Waals surface area contributed by atoms with Crippen LogP contribution in [0.2, 0.25) is 5.02 Å². The predicted molar refractivity (Wildman–Crippen MR) is 93.7 cm³/mol. The molecule has 0 bridgehead atoms. The van der Waals surface area contributed by atoms with Crippen LogP contribution in [0.5, 0.6) is 0 Å². The molecular formula is C17H18ClN3O2. The zero-order valence-electron chi connectivity index (χ0n) is 12.9. The Balaban J connectivity index is 1.69. The molecule has 1 saturated heterocycles. The molecule has 0 N–H and O–H groups in total. The van der Waals surface area contributed by atoms with Crippen LogP contribution in [0.4, 0.5) is 17.1 Å². The van der Waals surface area contributed by atoms with E-state index in [1.807, 2.05) is 25.1 Å². The molecule has 1 aliphatic rings. The fourth-order valence-electron chi connectivity index (χ4n) is 2.80. The van der Waals surface area contributed by atoms with E-state index in [2.05, 4.69) is 15.9 Å². The molecule has 2 aromatic rings. The molecule has 3 rings (SSSR count). The molecule has 1 heterocycles. The Kier molecular flexibility index (Phi) is 4.39. The summed E-state index contributed by atoms with van der Waals surface area (Å²) in [5.41, 5.74) is 3.24. The lowest BCUT2D eigenvalue weighted by Crippen LogP contribution is -2.46. The van der Waals surface area contributed by atoms with Crippen molar-refractivity contribution in [2.75, 3.05) is 36.0 Å². The average molecular weight is 332 g/mol. The zero-order valence-corrected chi connectivity index (χ0v) is 13.7. The van der Waals surface area contributed by atoms with Crippen molar-refractivity contribution in [3.8, 4) is 0 Å². The highest BCUT2D eigenvalue weighted by atomic mass is 35.5. The van der Waals surface area contributed by atoms with Crippen LogP contribution in [0.15, 0.2) is 42.5 Å². The van der Waals surface area contributed by atoms with Crippen LogP contribution in [0.3, 0.4) is 0 Å². The molecule has 1 aliphatic heterocycles. The van der Waals surface area contributed by atoms with Crippen molar-refractivity contribution in [1.82, 2.24) is 0 Å². The molecule has 5 nitrogen and oxygen atoms in total. The number of benzene rings is 2. The van der Waals surface area contributed by atoms with Crippen LogP contribution in [-0.4, -0.2) is 31.1 Å². The average Bonchev–Trinajstić information content (AvgIpc) is 2.57. The zero-order chi connectivity index (χ0) is 16.4. The quantitative estimate of drug-likeness (QED) is 0.632. The minimum Gasteiger partial charge on any atom is -0.368 e. The van der Waals surface area contributed by atoms with Gasteiger partial charge in [-0.15, -0.1) is 0 Å². The van der Waals surface area contributed by atoms with E-state index in [1.54, 1.807) is 12.1 Å². The van der Waals surface area contributed by atoms with Gasteiger partial charge in [-0.25, -0.2) is 0 Å². The number of non-ortho nitro benzene ring substituents is 1. The maximum absolute atomic E-state index is 10.9. The molecule has 1 fully saturated rings. The number of rotatable bonds is 3. The van der Waals surface area contributed by atoms with Crippen LogP contribution in [0, 0.1) is 17.0 Å². The summed E-state index contributed by atoms with van der Waals surface area (Å²) < 4.78 is 0. The minimum absolute atomic E-state index is 0.134. The molecule has 23 heavy (non-hydrogen) atoms. The van der Waals surface area contributed by atoms with Gasteiger partial charge in [0.15, 0.2) is 0 Å². The SMILES string of the molecule is Cc1ccc(N2CCN(c3cccc([N+](=O)[O-])c3)CC2)cc1Cl. The van der Waals surface area contributed by atoms with E-state index < -0.39 is 0 Å². The summed E-state index contributed by atoms with van der Waals surface area (Å²) in [7, 11) is 0. The lowest BCUT2D eigenvalue weighted by Gasteiger charge is -2.37. The lowest BCUT2D eigenvalue weighted by molar-refractivity contribution is -0.384. The second kappa shape index (κ2) is 6.46. The molecule has 0 radical (unpaired) electrons. The highest BCUT2D eigenvalue weighted by molar-refractivity contribution is 6.31. The predicted octanol–water partition coefficient (Wildman–Crippen LogP) is 3.88. The second-order valence-corrected chi connectivity index (χ2v) is 6.09. The molecule has 0 amide bonds. The molecule has 0 aromatic heterocycles. The van der Waals surface area contributed by atoms with Gasteiger partial charge in [-0.2, -0.15) is 0 Å². The smallest absolute Gasteiger partial charge is 0.271 e. The van der Waals surface area contributed by atoms with Crippen molar-refractivity contribution in [1.29, 1.82) is 0 Å². The van der Waals surface area contributed by atoms with Gasteiger partial charge in [-0.3, -0.25) is 10.1 Å². The number of hydrogen-bond acceptors (Lipinski definition) is 4. The Morgan fingerprint density at radius 1 is 1.00 bits per heavy atom. The van der Waals surface area contributed by atoms with E-state index in [4.69, 9.17) is 11.6 Å². The summed E-state index contributed by atoms with van der Waals surface area (Å²) in [6.07, 6.45) is 0. The third-order valence-electron chi connectivity index (χ3n) is 4.21. The van der Waals surface area contributed by atoms with E-state index >= 15 is 0 Å². The maximum Gasteiger partial charge on any atom is 0.271 e. The first-order valence-corrected chi connectivity index (χ1v) is 7.93. The molecule has 0 atom stereocenters. The monoisotopic (exact) mass is 331 g/mol. The molecule has 2 aromatic carbocycles. The second-order valence-electron chi connectivity index (χ2n) is 5.68. The Bertz CT molecular complexity index is 728. The van der Waals surface area contributed by atoms with Gasteiger partial charge in [0.2, 0.25) is 0 Å². The lowest BCUT2D eigenvalue weighted by atomic mass is 10.2. The number of halogens is 1. The normalized spacial score (nSPS) is 14.9. The van der Waals surface area contributed by atoms with Crippen LogP contribution in [-0.2, 0) is 0 Å². The van der Waals surface area contributed by atoms with E-state index in [0.29, 0.717) is 0 Å². The summed E-state index contributed by atoms with van der Waals surface area (Å²) in [6.45, 7) is 5.37. The largest absolute Gasteiger partial charge is 0.368 e. The third kappa shape index (κ3) is 3.40. The van der Waals surface area contributed by atoms with E-state index in [9.17, 15) is 10.1 Å². The van der Waals surface area contributed by atoms with E-state index in [1.165, 1.54) is 6.07 Å². The minimum atomic E-state index is -0.353. The Morgan fingerprint density at radius 2 is 1.61 bits per heavy atom. The standard InChI is InChI=1S/C17H18ClN3O2/c1-13-5-6-15(12-17(13)18)20-9-7-19(8-10-20)14-3-2-4-16(11-14)21(22)23/h2-6,11-12H,7-10H2,1H3. The van der Waals surface area contributed by atoms with Crippen molar-refractivity contribution < 1.29 is 4.92 Å². The third-order valence-corrected chi connectivity index (χ3v) is 4.61. The highest BCUT2D eigenvalue weighted by Gasteiger charge is 2.19. The topological polar surface area (TPSA) is 49.6 Å². The Morgan fingerprint density at radius 3 is 2.17 bits per heavy atom. The van der Waals surface area contributed by atoms with Gasteiger partial charge in [-0.05, 0) is 30.7 Å². The molecule has 0 aliphatic carbocycles. The Hall–Kier alpha value is -2.27. The van der Waals surface area contributed by atoms with Crippen LogP contribution in [0.25, 0.3) is 0 Å². The van der Waals surface area contributed by atoms with Crippen LogP contribution in [0.1, 0.15) is 5.56 Å². The molecule has 6 heteroatoms. The van der Waals surface area contributed by atoms with Gasteiger partial charge in [-0.1, -0.05) is 23.7 Å². The molecule has 120 valence electrons. The number of nitro groups is 1. The van der Waals surface area contributed by atoms with Gasteiger partial charge in [0.1, 0.15) is 0 Å². The van der Waals surface area contributed by atoms with Crippen molar-refractivity contribution >= 4 is 28.7 Å². The van der Waals surface area contributed by atoms with E-state index in [0.717, 1.165) is 48.1 Å². The van der Waals surface area contributed by atoms with Gasteiger partial charge < -0.3 is 9.80 Å². The fourth-order valence-corrected chi connectivity index (χ4v) is 2.98. The summed E-state index contributed by atoms with van der Waals surface area (Å²) in [4.78, 5) is 15.0. The maximum atomic E-state index is 10.9. The highest BCUT2D eigenvalue weighted by Crippen LogP contribution is 2.26. The van der Waals surface area contributed by atoms with Gasteiger partial charge in [0, 0.05) is 54.7 Å². The summed E-state index contributed by atoms with van der Waals surface area (Å²) in [6, 6.07) is 12.9. The van der Waals surface area contributed by atoms with Crippen molar-refractivity contribution in [3.05, 3.63) is 63.2 Å². The number of hydrogen-bond donors (Lipinski definition) is 0. The van der Waals surface area contributed by atoms with Crippen molar-refractivity contribution in [3.63, 3.8) is 0 Å². The molecule has 0 spiro atoms. The van der Waals surface area contributed by atoms with Gasteiger partial charge in [0.25, 0.3) is 5.69 Å². The summed E-state index contributed by atoms with van der Waals surface area (Å²) in [5, 5.41) is 11.7. The Labute approximate surface area is 140 Å². The first-order valence-electron chi connectivity index (χ1n) is 7.55.